The second kappa shape index (κ2) is 6.75. The number of carbonyl (C=O) groups excluding carboxylic acids is 2. The van der Waals surface area contributed by atoms with Crippen molar-refractivity contribution in [3.05, 3.63) is 40.7 Å². The monoisotopic (exact) mass is 385 g/mol. The lowest BCUT2D eigenvalue weighted by atomic mass is 10.2. The summed E-state index contributed by atoms with van der Waals surface area (Å²) < 4.78 is 40.6. The van der Waals surface area contributed by atoms with Crippen molar-refractivity contribution in [2.24, 2.45) is 0 Å². The van der Waals surface area contributed by atoms with Crippen molar-refractivity contribution in [2.45, 2.75) is 38.3 Å². The van der Waals surface area contributed by atoms with Gasteiger partial charge in [0, 0.05) is 11.6 Å². The number of hydrogen-bond donors (Lipinski definition) is 1. The summed E-state index contributed by atoms with van der Waals surface area (Å²) in [5.41, 5.74) is 0.100. The lowest BCUT2D eigenvalue weighted by molar-refractivity contribution is -0.141. The van der Waals surface area contributed by atoms with Crippen LogP contribution in [0, 0.1) is 0 Å². The highest BCUT2D eigenvalue weighted by Crippen LogP contribution is 2.47. The number of Topliss-reactive ketones (excluding diaryl/α,β-unsaturated/α-hetero) is 1. The molecule has 0 saturated heterocycles. The van der Waals surface area contributed by atoms with Crippen LogP contribution in [0.3, 0.4) is 0 Å². The molecule has 1 aliphatic carbocycles. The first-order chi connectivity index (χ1) is 12.2. The molecule has 1 fully saturated rings. The summed E-state index contributed by atoms with van der Waals surface area (Å²) in [7, 11) is 0. The van der Waals surface area contributed by atoms with Crippen LogP contribution >= 0.6 is 11.6 Å². The molecule has 0 atom stereocenters. The van der Waals surface area contributed by atoms with Crippen LogP contribution in [0.5, 0.6) is 0 Å². The van der Waals surface area contributed by atoms with Crippen molar-refractivity contribution >= 4 is 29.0 Å². The fourth-order valence-electron chi connectivity index (χ4n) is 2.62. The summed E-state index contributed by atoms with van der Waals surface area (Å²) in [6.07, 6.45) is -3.34. The van der Waals surface area contributed by atoms with Crippen molar-refractivity contribution in [2.75, 3.05) is 5.32 Å². The van der Waals surface area contributed by atoms with Gasteiger partial charge in [0.05, 0.1) is 22.8 Å². The first kappa shape index (κ1) is 18.4. The summed E-state index contributed by atoms with van der Waals surface area (Å²) in [6.45, 7) is 1.31. The Bertz CT molecular complexity index is 855. The summed E-state index contributed by atoms with van der Waals surface area (Å²) >= 11 is 5.96. The average molecular weight is 386 g/mol. The number of benzene rings is 1. The maximum atomic E-state index is 13.1. The zero-order valence-corrected chi connectivity index (χ0v) is 14.5. The van der Waals surface area contributed by atoms with Crippen LogP contribution < -0.4 is 5.32 Å². The number of aromatic nitrogens is 2. The second-order valence-electron chi connectivity index (χ2n) is 6.21. The Kier molecular flexibility index (Phi) is 4.79. The molecule has 2 aromatic rings. The van der Waals surface area contributed by atoms with E-state index in [0.717, 1.165) is 12.8 Å². The Hall–Kier alpha value is -2.35. The Morgan fingerprint density at radius 3 is 2.38 bits per heavy atom. The van der Waals surface area contributed by atoms with E-state index in [2.05, 4.69) is 10.4 Å². The van der Waals surface area contributed by atoms with E-state index in [-0.39, 0.29) is 23.1 Å². The lowest BCUT2D eigenvalue weighted by Crippen LogP contribution is -2.14. The molecule has 0 unspecified atom stereocenters. The Morgan fingerprint density at radius 1 is 1.27 bits per heavy atom. The minimum absolute atomic E-state index is 0.0407. The first-order valence-electron chi connectivity index (χ1n) is 7.92. The summed E-state index contributed by atoms with van der Waals surface area (Å²) in [4.78, 5) is 22.5. The topological polar surface area (TPSA) is 64.0 Å². The van der Waals surface area contributed by atoms with Gasteiger partial charge >= 0.3 is 6.18 Å². The molecule has 1 amide bonds. The SMILES string of the molecule is CC(=O)CC(=O)Nc1ccc(-n2nc(C(F)(F)F)c(Cl)c2C2CC2)cc1. The number of amides is 1. The van der Waals surface area contributed by atoms with E-state index in [1.165, 1.54) is 23.7 Å². The van der Waals surface area contributed by atoms with Crippen LogP contribution in [0.15, 0.2) is 24.3 Å². The van der Waals surface area contributed by atoms with Gasteiger partial charge in [-0.15, -0.1) is 0 Å². The van der Waals surface area contributed by atoms with Gasteiger partial charge in [0.1, 0.15) is 5.78 Å². The lowest BCUT2D eigenvalue weighted by Gasteiger charge is -2.09. The van der Waals surface area contributed by atoms with Gasteiger partial charge in [-0.1, -0.05) is 11.6 Å². The minimum atomic E-state index is -4.63. The van der Waals surface area contributed by atoms with E-state index < -0.39 is 17.8 Å². The largest absolute Gasteiger partial charge is 0.436 e. The third-order valence-electron chi connectivity index (χ3n) is 3.90. The third-order valence-corrected chi connectivity index (χ3v) is 4.27. The Labute approximate surface area is 152 Å². The van der Waals surface area contributed by atoms with E-state index in [9.17, 15) is 22.8 Å². The number of anilines is 1. The van der Waals surface area contributed by atoms with Crippen molar-refractivity contribution in [3.63, 3.8) is 0 Å². The van der Waals surface area contributed by atoms with Crippen LogP contribution in [0.2, 0.25) is 5.02 Å². The van der Waals surface area contributed by atoms with Crippen LogP contribution in [-0.4, -0.2) is 21.5 Å². The quantitative estimate of drug-likeness (QED) is 0.779. The molecular weight excluding hydrogens is 371 g/mol. The minimum Gasteiger partial charge on any atom is -0.326 e. The first-order valence-corrected chi connectivity index (χ1v) is 8.30. The van der Waals surface area contributed by atoms with Gasteiger partial charge in [0.15, 0.2) is 5.69 Å². The molecule has 1 N–H and O–H groups in total. The molecule has 0 bridgehead atoms. The Balaban J connectivity index is 1.90. The van der Waals surface area contributed by atoms with E-state index in [1.807, 2.05) is 0 Å². The standard InChI is InChI=1S/C17H15ClF3N3O2/c1-9(25)8-13(26)22-11-4-6-12(7-5-11)24-15(10-2-3-10)14(18)16(23-24)17(19,20)21/h4-7,10H,2-3,8H2,1H3,(H,22,26). The third kappa shape index (κ3) is 3.90. The van der Waals surface area contributed by atoms with Crippen LogP contribution in [0.4, 0.5) is 18.9 Å². The molecule has 0 aliphatic heterocycles. The van der Waals surface area contributed by atoms with E-state index in [0.29, 0.717) is 17.1 Å². The van der Waals surface area contributed by atoms with Crippen molar-refractivity contribution < 1.29 is 22.8 Å². The summed E-state index contributed by atoms with van der Waals surface area (Å²) in [6, 6.07) is 6.15. The highest BCUT2D eigenvalue weighted by molar-refractivity contribution is 6.32. The molecule has 0 spiro atoms. The van der Waals surface area contributed by atoms with E-state index >= 15 is 0 Å². The highest BCUT2D eigenvalue weighted by Gasteiger charge is 2.42. The number of carbonyl (C=O) groups is 2. The predicted molar refractivity (Wildman–Crippen MR) is 89.5 cm³/mol. The van der Waals surface area contributed by atoms with Gasteiger partial charge in [-0.05, 0) is 44.0 Å². The molecule has 1 aromatic heterocycles. The van der Waals surface area contributed by atoms with Crippen molar-refractivity contribution in [1.29, 1.82) is 0 Å². The number of rotatable bonds is 5. The van der Waals surface area contributed by atoms with E-state index in [1.54, 1.807) is 12.1 Å². The molecule has 26 heavy (non-hydrogen) atoms. The van der Waals surface area contributed by atoms with Gasteiger partial charge in [0.25, 0.3) is 0 Å². The van der Waals surface area contributed by atoms with Crippen molar-refractivity contribution in [3.8, 4) is 5.69 Å². The molecule has 1 heterocycles. The molecule has 3 rings (SSSR count). The van der Waals surface area contributed by atoms with Crippen LogP contribution in [-0.2, 0) is 15.8 Å². The van der Waals surface area contributed by atoms with Crippen LogP contribution in [0.1, 0.15) is 43.5 Å². The number of ketones is 1. The zero-order valence-electron chi connectivity index (χ0n) is 13.7. The molecular formula is C17H15ClF3N3O2. The molecule has 9 heteroatoms. The van der Waals surface area contributed by atoms with Gasteiger partial charge in [0.2, 0.25) is 5.91 Å². The number of alkyl halides is 3. The maximum absolute atomic E-state index is 13.1. The average Bonchev–Trinajstić information content (AvgIpc) is 3.29. The number of halogens is 4. The maximum Gasteiger partial charge on any atom is 0.436 e. The number of hydrogen-bond acceptors (Lipinski definition) is 3. The highest BCUT2D eigenvalue weighted by atomic mass is 35.5. The normalized spacial score (nSPS) is 14.3. The van der Waals surface area contributed by atoms with Gasteiger partial charge in [-0.3, -0.25) is 9.59 Å². The molecule has 5 nitrogen and oxygen atoms in total. The van der Waals surface area contributed by atoms with Crippen molar-refractivity contribution in [1.82, 2.24) is 9.78 Å². The molecule has 1 aromatic carbocycles. The van der Waals surface area contributed by atoms with Gasteiger partial charge < -0.3 is 5.32 Å². The fraction of sp³-hybridized carbons (Fsp3) is 0.353. The zero-order chi connectivity index (χ0) is 19.1. The smallest absolute Gasteiger partial charge is 0.326 e. The van der Waals surface area contributed by atoms with E-state index in [4.69, 9.17) is 11.6 Å². The van der Waals surface area contributed by atoms with Crippen LogP contribution in [0.25, 0.3) is 5.69 Å². The molecule has 0 radical (unpaired) electrons. The number of nitrogens with zero attached hydrogens (tertiary/aromatic N) is 2. The Morgan fingerprint density at radius 2 is 1.88 bits per heavy atom. The summed E-state index contributed by atoms with van der Waals surface area (Å²) in [5.74, 6) is -0.759. The second-order valence-corrected chi connectivity index (χ2v) is 6.58. The molecule has 1 aliphatic rings. The fourth-order valence-corrected chi connectivity index (χ4v) is 3.00. The van der Waals surface area contributed by atoms with Gasteiger partial charge in [-0.25, -0.2) is 4.68 Å². The number of nitrogens with one attached hydrogen (secondary N) is 1. The summed E-state index contributed by atoms with van der Waals surface area (Å²) in [5, 5.41) is 5.86. The predicted octanol–water partition coefficient (Wildman–Crippen LogP) is 4.34. The molecule has 138 valence electrons. The molecule has 1 saturated carbocycles. The van der Waals surface area contributed by atoms with Gasteiger partial charge in [-0.2, -0.15) is 18.3 Å².